The van der Waals surface area contributed by atoms with Gasteiger partial charge in [0, 0.05) is 24.5 Å². The van der Waals surface area contributed by atoms with Crippen molar-refractivity contribution in [1.29, 1.82) is 0 Å². The zero-order valence-electron chi connectivity index (χ0n) is 12.1. The second-order valence-electron chi connectivity index (χ2n) is 4.71. The van der Waals surface area contributed by atoms with Crippen LogP contribution in [0.3, 0.4) is 0 Å². The van der Waals surface area contributed by atoms with Gasteiger partial charge in [-0.3, -0.25) is 4.98 Å². The normalized spacial score (nSPS) is 10.6. The van der Waals surface area contributed by atoms with Crippen LogP contribution in [-0.2, 0) is 0 Å². The maximum absolute atomic E-state index is 5.26. The van der Waals surface area contributed by atoms with E-state index in [1.807, 2.05) is 19.1 Å². The summed E-state index contributed by atoms with van der Waals surface area (Å²) >= 11 is 0. The molecule has 0 atom stereocenters. The lowest BCUT2D eigenvalue weighted by molar-refractivity contribution is 0.415. The molecule has 0 aliphatic heterocycles. The molecule has 2 aromatic carbocycles. The first-order chi connectivity index (χ1) is 10.3. The van der Waals surface area contributed by atoms with E-state index in [2.05, 4.69) is 39.6 Å². The van der Waals surface area contributed by atoms with Gasteiger partial charge in [0.2, 0.25) is 0 Å². The smallest absolute Gasteiger partial charge is 0.152 e. The van der Waals surface area contributed by atoms with Gasteiger partial charge in [0.05, 0.1) is 7.11 Å². The molecular weight excluding hydrogens is 262 g/mol. The molecule has 0 radical (unpaired) electrons. The first-order valence-electron chi connectivity index (χ1n) is 6.95. The largest absolute Gasteiger partial charge is 0.497 e. The number of hydrogen-bond donors (Lipinski definition) is 1. The van der Waals surface area contributed by atoms with Gasteiger partial charge in [0.25, 0.3) is 0 Å². The SMILES string of the molecule is CCNc1nccnc1-c1ccc2cc(OC)ccc2c1. The molecule has 1 N–H and O–H groups in total. The Labute approximate surface area is 123 Å². The predicted octanol–water partition coefficient (Wildman–Crippen LogP) is 3.74. The molecule has 3 aromatic rings. The summed E-state index contributed by atoms with van der Waals surface area (Å²) in [6, 6.07) is 12.3. The van der Waals surface area contributed by atoms with Crippen LogP contribution in [0.4, 0.5) is 5.82 Å². The monoisotopic (exact) mass is 279 g/mol. The van der Waals surface area contributed by atoms with Crippen molar-refractivity contribution in [2.45, 2.75) is 6.92 Å². The van der Waals surface area contributed by atoms with E-state index in [1.165, 1.54) is 0 Å². The Morgan fingerprint density at radius 1 is 1.00 bits per heavy atom. The second kappa shape index (κ2) is 5.79. The Bertz CT molecular complexity index is 771. The van der Waals surface area contributed by atoms with Crippen LogP contribution in [0.25, 0.3) is 22.0 Å². The minimum atomic E-state index is 0.813. The van der Waals surface area contributed by atoms with Crippen molar-refractivity contribution in [1.82, 2.24) is 9.97 Å². The zero-order valence-corrected chi connectivity index (χ0v) is 12.1. The Balaban J connectivity index is 2.09. The molecule has 0 spiro atoms. The van der Waals surface area contributed by atoms with E-state index in [0.29, 0.717) is 0 Å². The van der Waals surface area contributed by atoms with E-state index in [0.717, 1.165) is 40.1 Å². The lowest BCUT2D eigenvalue weighted by atomic mass is 10.0. The quantitative estimate of drug-likeness (QED) is 0.790. The van der Waals surface area contributed by atoms with Crippen LogP contribution in [0.2, 0.25) is 0 Å². The second-order valence-corrected chi connectivity index (χ2v) is 4.71. The third-order valence-electron chi connectivity index (χ3n) is 3.36. The summed E-state index contributed by atoms with van der Waals surface area (Å²) in [5, 5.41) is 5.55. The summed E-state index contributed by atoms with van der Waals surface area (Å²) in [5.74, 6) is 1.68. The average molecular weight is 279 g/mol. The van der Waals surface area contributed by atoms with E-state index in [9.17, 15) is 0 Å². The maximum atomic E-state index is 5.26. The number of hydrogen-bond acceptors (Lipinski definition) is 4. The van der Waals surface area contributed by atoms with Crippen molar-refractivity contribution < 1.29 is 4.74 Å². The molecule has 0 fully saturated rings. The first-order valence-corrected chi connectivity index (χ1v) is 6.95. The van der Waals surface area contributed by atoms with E-state index >= 15 is 0 Å². The number of benzene rings is 2. The fraction of sp³-hybridized carbons (Fsp3) is 0.176. The number of fused-ring (bicyclic) bond motifs is 1. The summed E-state index contributed by atoms with van der Waals surface area (Å²) < 4.78 is 5.26. The number of rotatable bonds is 4. The topological polar surface area (TPSA) is 47.0 Å². The molecular formula is C17H17N3O. The van der Waals surface area contributed by atoms with Crippen molar-refractivity contribution in [3.8, 4) is 17.0 Å². The third-order valence-corrected chi connectivity index (χ3v) is 3.36. The summed E-state index contributed by atoms with van der Waals surface area (Å²) in [7, 11) is 1.68. The fourth-order valence-corrected chi connectivity index (χ4v) is 2.34. The average Bonchev–Trinajstić information content (AvgIpc) is 2.55. The van der Waals surface area contributed by atoms with Gasteiger partial charge in [0.15, 0.2) is 5.82 Å². The number of anilines is 1. The highest BCUT2D eigenvalue weighted by Gasteiger charge is 2.08. The molecule has 4 nitrogen and oxygen atoms in total. The van der Waals surface area contributed by atoms with E-state index < -0.39 is 0 Å². The van der Waals surface area contributed by atoms with Crippen LogP contribution in [0, 0.1) is 0 Å². The molecule has 0 aliphatic rings. The number of nitrogens with zero attached hydrogens (tertiary/aromatic N) is 2. The van der Waals surface area contributed by atoms with E-state index in [1.54, 1.807) is 19.5 Å². The van der Waals surface area contributed by atoms with Gasteiger partial charge in [-0.2, -0.15) is 0 Å². The Kier molecular flexibility index (Phi) is 3.69. The highest BCUT2D eigenvalue weighted by Crippen LogP contribution is 2.28. The first kappa shape index (κ1) is 13.4. The fourth-order valence-electron chi connectivity index (χ4n) is 2.34. The van der Waals surface area contributed by atoms with Gasteiger partial charge >= 0.3 is 0 Å². The van der Waals surface area contributed by atoms with Crippen LogP contribution in [0.15, 0.2) is 48.8 Å². The molecule has 21 heavy (non-hydrogen) atoms. The van der Waals surface area contributed by atoms with E-state index in [4.69, 9.17) is 4.74 Å². The van der Waals surface area contributed by atoms with Crippen molar-refractivity contribution in [2.24, 2.45) is 0 Å². The molecule has 3 rings (SSSR count). The summed E-state index contributed by atoms with van der Waals surface area (Å²) in [4.78, 5) is 8.82. The molecule has 4 heteroatoms. The summed E-state index contributed by atoms with van der Waals surface area (Å²) in [5.41, 5.74) is 1.92. The Hall–Kier alpha value is -2.62. The standard InChI is InChI=1S/C17H17N3O/c1-3-18-17-16(19-8-9-20-17)14-5-4-13-11-15(21-2)7-6-12(13)10-14/h4-11H,3H2,1-2H3,(H,18,20). The van der Waals surface area contributed by atoms with Gasteiger partial charge < -0.3 is 10.1 Å². The van der Waals surface area contributed by atoms with Crippen molar-refractivity contribution in [3.63, 3.8) is 0 Å². The van der Waals surface area contributed by atoms with Crippen LogP contribution in [-0.4, -0.2) is 23.6 Å². The molecule has 0 saturated heterocycles. The number of aromatic nitrogens is 2. The predicted molar refractivity (Wildman–Crippen MR) is 85.7 cm³/mol. The highest BCUT2D eigenvalue weighted by molar-refractivity contribution is 5.89. The summed E-state index contributed by atoms with van der Waals surface area (Å²) in [6.07, 6.45) is 3.42. The van der Waals surface area contributed by atoms with Crippen LogP contribution < -0.4 is 10.1 Å². The number of methoxy groups -OCH3 is 1. The molecule has 0 saturated carbocycles. The molecule has 1 aromatic heterocycles. The minimum absolute atomic E-state index is 0.813. The van der Waals surface area contributed by atoms with Gasteiger partial charge in [-0.05, 0) is 35.9 Å². The van der Waals surface area contributed by atoms with Crippen molar-refractivity contribution in [2.75, 3.05) is 19.0 Å². The maximum Gasteiger partial charge on any atom is 0.152 e. The third kappa shape index (κ3) is 2.65. The molecule has 106 valence electrons. The van der Waals surface area contributed by atoms with Gasteiger partial charge in [-0.15, -0.1) is 0 Å². The van der Waals surface area contributed by atoms with Gasteiger partial charge in [0.1, 0.15) is 11.4 Å². The van der Waals surface area contributed by atoms with Crippen LogP contribution >= 0.6 is 0 Å². The van der Waals surface area contributed by atoms with Crippen molar-refractivity contribution in [3.05, 3.63) is 48.8 Å². The summed E-state index contributed by atoms with van der Waals surface area (Å²) in [6.45, 7) is 2.86. The van der Waals surface area contributed by atoms with Crippen LogP contribution in [0.1, 0.15) is 6.92 Å². The van der Waals surface area contributed by atoms with Crippen LogP contribution in [0.5, 0.6) is 5.75 Å². The molecule has 0 unspecified atom stereocenters. The van der Waals surface area contributed by atoms with Gasteiger partial charge in [-0.25, -0.2) is 4.98 Å². The molecule has 0 aliphatic carbocycles. The molecule has 1 heterocycles. The lowest BCUT2D eigenvalue weighted by Crippen LogP contribution is -2.02. The molecule has 0 bridgehead atoms. The highest BCUT2D eigenvalue weighted by atomic mass is 16.5. The number of ether oxygens (including phenoxy) is 1. The minimum Gasteiger partial charge on any atom is -0.497 e. The van der Waals surface area contributed by atoms with E-state index in [-0.39, 0.29) is 0 Å². The number of nitrogens with one attached hydrogen (secondary N) is 1. The Morgan fingerprint density at radius 2 is 1.76 bits per heavy atom. The van der Waals surface area contributed by atoms with Gasteiger partial charge in [-0.1, -0.05) is 18.2 Å². The lowest BCUT2D eigenvalue weighted by Gasteiger charge is -2.09. The van der Waals surface area contributed by atoms with Crippen molar-refractivity contribution >= 4 is 16.6 Å². The zero-order chi connectivity index (χ0) is 14.7. The molecule has 0 amide bonds. The Morgan fingerprint density at radius 3 is 2.57 bits per heavy atom.